The molecule has 0 aliphatic carbocycles. The lowest BCUT2D eigenvalue weighted by Gasteiger charge is -2.31. The van der Waals surface area contributed by atoms with Crippen LogP contribution in [0.15, 0.2) is 28.7 Å². The molecule has 0 spiro atoms. The summed E-state index contributed by atoms with van der Waals surface area (Å²) >= 11 is 3.33. The highest BCUT2D eigenvalue weighted by atomic mass is 79.9. The van der Waals surface area contributed by atoms with E-state index in [1.807, 2.05) is 12.1 Å². The predicted molar refractivity (Wildman–Crippen MR) is 81.9 cm³/mol. The van der Waals surface area contributed by atoms with Gasteiger partial charge in [0.25, 0.3) is 0 Å². The third kappa shape index (κ3) is 3.91. The largest absolute Gasteiger partial charge is 0.336 e. The molecule has 1 aromatic carbocycles. The van der Waals surface area contributed by atoms with E-state index in [1.54, 1.807) is 19.2 Å². The molecule has 1 heterocycles. The molecule has 0 N–H and O–H groups in total. The first-order valence-corrected chi connectivity index (χ1v) is 7.61. The maximum Gasteiger partial charge on any atom is 0.312 e. The number of halogens is 1. The molecule has 1 saturated heterocycles. The minimum atomic E-state index is -0.472. The number of piperazine rings is 1. The standard InChI is InChI=1S/C15H17BrN2O3/c1-17-9-10-18(15(21)14(17)20)8-2-3-13(19)11-4-6-12(16)7-5-11/h4-7H,2-3,8-10H2,1H3. The van der Waals surface area contributed by atoms with Crippen molar-refractivity contribution < 1.29 is 14.4 Å². The van der Waals surface area contributed by atoms with E-state index in [1.165, 1.54) is 9.80 Å². The summed E-state index contributed by atoms with van der Waals surface area (Å²) in [7, 11) is 1.62. The van der Waals surface area contributed by atoms with Crippen LogP contribution in [-0.2, 0) is 9.59 Å². The molecule has 1 aliphatic heterocycles. The fourth-order valence-corrected chi connectivity index (χ4v) is 2.46. The minimum Gasteiger partial charge on any atom is -0.336 e. The number of hydrogen-bond donors (Lipinski definition) is 0. The molecule has 21 heavy (non-hydrogen) atoms. The van der Waals surface area contributed by atoms with E-state index >= 15 is 0 Å². The van der Waals surface area contributed by atoms with Crippen LogP contribution in [0.25, 0.3) is 0 Å². The van der Waals surface area contributed by atoms with Crippen LogP contribution in [-0.4, -0.2) is 54.1 Å². The van der Waals surface area contributed by atoms with Crippen molar-refractivity contribution in [2.24, 2.45) is 0 Å². The molecule has 0 unspecified atom stereocenters. The third-order valence-electron chi connectivity index (χ3n) is 3.52. The SMILES string of the molecule is CN1CCN(CCCC(=O)c2ccc(Br)cc2)C(=O)C1=O. The van der Waals surface area contributed by atoms with Crippen LogP contribution >= 0.6 is 15.9 Å². The normalized spacial score (nSPS) is 15.5. The first-order chi connectivity index (χ1) is 9.99. The summed E-state index contributed by atoms with van der Waals surface area (Å²) in [6, 6.07) is 7.21. The quantitative estimate of drug-likeness (QED) is 0.598. The number of nitrogens with zero attached hydrogens (tertiary/aromatic N) is 2. The fraction of sp³-hybridized carbons (Fsp3) is 0.400. The fourth-order valence-electron chi connectivity index (χ4n) is 2.20. The first kappa shape index (κ1) is 15.7. The number of ketones is 1. The van der Waals surface area contributed by atoms with Gasteiger partial charge in [0, 0.05) is 43.1 Å². The highest BCUT2D eigenvalue weighted by Crippen LogP contribution is 2.13. The van der Waals surface area contributed by atoms with Crippen molar-refractivity contribution in [3.63, 3.8) is 0 Å². The molecular formula is C15H17BrN2O3. The van der Waals surface area contributed by atoms with Gasteiger partial charge in [-0.05, 0) is 18.6 Å². The highest BCUT2D eigenvalue weighted by molar-refractivity contribution is 9.10. The summed E-state index contributed by atoms with van der Waals surface area (Å²) in [5.74, 6) is -0.893. The lowest BCUT2D eigenvalue weighted by Crippen LogP contribution is -2.52. The molecule has 2 amide bonds. The number of benzene rings is 1. The number of likely N-dealkylation sites (N-methyl/N-ethyl adjacent to an activating group) is 1. The van der Waals surface area contributed by atoms with E-state index in [0.717, 1.165) is 4.47 Å². The van der Waals surface area contributed by atoms with Gasteiger partial charge in [-0.25, -0.2) is 0 Å². The molecular weight excluding hydrogens is 336 g/mol. The topological polar surface area (TPSA) is 57.7 Å². The number of Topliss-reactive ketones (excluding diaryl/α,β-unsaturated/α-hetero) is 1. The Kier molecular flexibility index (Phi) is 5.12. The van der Waals surface area contributed by atoms with Gasteiger partial charge in [0.05, 0.1) is 0 Å². The summed E-state index contributed by atoms with van der Waals surface area (Å²) in [4.78, 5) is 38.3. The van der Waals surface area contributed by atoms with Crippen LogP contribution in [0, 0.1) is 0 Å². The van der Waals surface area contributed by atoms with E-state index in [2.05, 4.69) is 15.9 Å². The Morgan fingerprint density at radius 2 is 1.81 bits per heavy atom. The Morgan fingerprint density at radius 3 is 2.48 bits per heavy atom. The Hall–Kier alpha value is -1.69. The van der Waals surface area contributed by atoms with Gasteiger partial charge in [-0.3, -0.25) is 14.4 Å². The molecule has 1 aliphatic rings. The molecule has 1 aromatic rings. The van der Waals surface area contributed by atoms with Crippen LogP contribution in [0.2, 0.25) is 0 Å². The zero-order chi connectivity index (χ0) is 15.4. The molecule has 0 radical (unpaired) electrons. The lowest BCUT2D eigenvalue weighted by atomic mass is 10.1. The number of carbonyl (C=O) groups is 3. The maximum absolute atomic E-state index is 12.0. The zero-order valence-corrected chi connectivity index (χ0v) is 13.4. The summed E-state index contributed by atoms with van der Waals surface area (Å²) in [6.45, 7) is 1.53. The van der Waals surface area contributed by atoms with Gasteiger partial charge >= 0.3 is 11.8 Å². The van der Waals surface area contributed by atoms with Gasteiger partial charge in [0.2, 0.25) is 0 Å². The third-order valence-corrected chi connectivity index (χ3v) is 4.05. The summed E-state index contributed by atoms with van der Waals surface area (Å²) in [6.07, 6.45) is 0.938. The molecule has 0 aromatic heterocycles. The molecule has 0 bridgehead atoms. The van der Waals surface area contributed by atoms with Crippen molar-refractivity contribution in [2.45, 2.75) is 12.8 Å². The van der Waals surface area contributed by atoms with Crippen LogP contribution in [0.1, 0.15) is 23.2 Å². The predicted octanol–water partition coefficient (Wildman–Crippen LogP) is 1.71. The van der Waals surface area contributed by atoms with E-state index in [4.69, 9.17) is 0 Å². The van der Waals surface area contributed by atoms with E-state index in [0.29, 0.717) is 38.0 Å². The number of rotatable bonds is 5. The number of hydrogen-bond acceptors (Lipinski definition) is 3. The van der Waals surface area contributed by atoms with E-state index < -0.39 is 11.8 Å². The van der Waals surface area contributed by atoms with Gasteiger partial charge in [-0.2, -0.15) is 0 Å². The van der Waals surface area contributed by atoms with Gasteiger partial charge in [-0.15, -0.1) is 0 Å². The summed E-state index contributed by atoms with van der Waals surface area (Å²) < 4.78 is 0.931. The van der Waals surface area contributed by atoms with E-state index in [9.17, 15) is 14.4 Å². The molecule has 0 saturated carbocycles. The molecule has 6 heteroatoms. The average molecular weight is 353 g/mol. The Labute approximate surface area is 132 Å². The second-order valence-corrected chi connectivity index (χ2v) is 5.97. The van der Waals surface area contributed by atoms with Gasteiger partial charge < -0.3 is 9.80 Å². The molecule has 2 rings (SSSR count). The van der Waals surface area contributed by atoms with Crippen molar-refractivity contribution in [2.75, 3.05) is 26.7 Å². The average Bonchev–Trinajstić information content (AvgIpc) is 2.48. The molecule has 1 fully saturated rings. The molecule has 5 nitrogen and oxygen atoms in total. The Morgan fingerprint density at radius 1 is 1.14 bits per heavy atom. The lowest BCUT2D eigenvalue weighted by molar-refractivity contribution is -0.154. The van der Waals surface area contributed by atoms with Gasteiger partial charge in [0.1, 0.15) is 0 Å². The smallest absolute Gasteiger partial charge is 0.312 e. The monoisotopic (exact) mass is 352 g/mol. The van der Waals surface area contributed by atoms with Crippen LogP contribution in [0.5, 0.6) is 0 Å². The van der Waals surface area contributed by atoms with E-state index in [-0.39, 0.29) is 5.78 Å². The zero-order valence-electron chi connectivity index (χ0n) is 11.8. The minimum absolute atomic E-state index is 0.0513. The van der Waals surface area contributed by atoms with Gasteiger partial charge in [-0.1, -0.05) is 28.1 Å². The number of carbonyl (C=O) groups excluding carboxylic acids is 3. The first-order valence-electron chi connectivity index (χ1n) is 6.82. The van der Waals surface area contributed by atoms with Crippen molar-refractivity contribution >= 4 is 33.5 Å². The maximum atomic E-state index is 12.0. The van der Waals surface area contributed by atoms with Crippen molar-refractivity contribution in [3.8, 4) is 0 Å². The molecule has 112 valence electrons. The van der Waals surface area contributed by atoms with Gasteiger partial charge in [0.15, 0.2) is 5.78 Å². The van der Waals surface area contributed by atoms with Crippen molar-refractivity contribution in [3.05, 3.63) is 34.3 Å². The van der Waals surface area contributed by atoms with Crippen LogP contribution in [0.4, 0.5) is 0 Å². The Balaban J connectivity index is 1.81. The second-order valence-electron chi connectivity index (χ2n) is 5.05. The van der Waals surface area contributed by atoms with Crippen molar-refractivity contribution in [1.29, 1.82) is 0 Å². The van der Waals surface area contributed by atoms with Crippen molar-refractivity contribution in [1.82, 2.24) is 9.80 Å². The Bertz CT molecular complexity index is 557. The highest BCUT2D eigenvalue weighted by Gasteiger charge is 2.29. The number of amides is 2. The summed E-state index contributed by atoms with van der Waals surface area (Å²) in [5.41, 5.74) is 0.666. The second kappa shape index (κ2) is 6.85. The van der Waals surface area contributed by atoms with Crippen LogP contribution < -0.4 is 0 Å². The molecule has 0 atom stereocenters. The van der Waals surface area contributed by atoms with Crippen LogP contribution in [0.3, 0.4) is 0 Å². The summed E-state index contributed by atoms with van der Waals surface area (Å²) in [5, 5.41) is 0.